The van der Waals surface area contributed by atoms with E-state index in [9.17, 15) is 18.0 Å². The fourth-order valence-electron chi connectivity index (χ4n) is 2.84. The van der Waals surface area contributed by atoms with E-state index in [1.54, 1.807) is 0 Å². The Kier molecular flexibility index (Phi) is 4.51. The van der Waals surface area contributed by atoms with Crippen molar-refractivity contribution in [2.75, 3.05) is 5.32 Å². The van der Waals surface area contributed by atoms with Crippen LogP contribution >= 0.6 is 15.9 Å². The van der Waals surface area contributed by atoms with Crippen molar-refractivity contribution in [3.8, 4) is 0 Å². The first-order valence-electron chi connectivity index (χ1n) is 6.59. The topological polar surface area (TPSA) is 49.3 Å². The van der Waals surface area contributed by atoms with Gasteiger partial charge in [-0.2, -0.15) is 13.2 Å². The van der Waals surface area contributed by atoms with Crippen LogP contribution in [0.5, 0.6) is 0 Å². The highest BCUT2D eigenvalue weighted by molar-refractivity contribution is 9.10. The Bertz CT molecular complexity index is 540. The predicted molar refractivity (Wildman–Crippen MR) is 76.2 cm³/mol. The number of hydrogen-bond acceptors (Lipinski definition) is 2. The third kappa shape index (κ3) is 3.90. The molecule has 1 aromatic rings. The van der Waals surface area contributed by atoms with Gasteiger partial charge in [0, 0.05) is 15.7 Å². The van der Waals surface area contributed by atoms with Crippen LogP contribution in [0, 0.1) is 0 Å². The molecule has 21 heavy (non-hydrogen) atoms. The van der Waals surface area contributed by atoms with Gasteiger partial charge in [0.1, 0.15) is 0 Å². The zero-order chi connectivity index (χ0) is 15.7. The Morgan fingerprint density at radius 2 is 1.95 bits per heavy atom. The van der Waals surface area contributed by atoms with E-state index >= 15 is 0 Å². The number of alkyl halides is 3. The minimum Gasteiger partial charge on any atom is -0.481 e. The van der Waals surface area contributed by atoms with E-state index in [-0.39, 0.29) is 12.1 Å². The van der Waals surface area contributed by atoms with Crippen LogP contribution in [0.15, 0.2) is 22.7 Å². The second kappa shape index (κ2) is 5.87. The first-order valence-corrected chi connectivity index (χ1v) is 7.38. The number of rotatable bonds is 4. The summed E-state index contributed by atoms with van der Waals surface area (Å²) < 4.78 is 39.7. The highest BCUT2D eigenvalue weighted by Crippen LogP contribution is 2.41. The largest absolute Gasteiger partial charge is 0.481 e. The molecule has 116 valence electrons. The quantitative estimate of drug-likeness (QED) is 0.815. The minimum absolute atomic E-state index is 0.0694. The van der Waals surface area contributed by atoms with Crippen molar-refractivity contribution in [2.45, 2.75) is 43.8 Å². The second-order valence-corrected chi connectivity index (χ2v) is 6.29. The number of carbonyl (C=O) groups is 1. The van der Waals surface area contributed by atoms with E-state index < -0.39 is 23.2 Å². The van der Waals surface area contributed by atoms with Gasteiger partial charge in [-0.1, -0.05) is 28.8 Å². The van der Waals surface area contributed by atoms with Crippen LogP contribution in [-0.4, -0.2) is 16.6 Å². The van der Waals surface area contributed by atoms with Gasteiger partial charge in [0.25, 0.3) is 0 Å². The smallest absolute Gasteiger partial charge is 0.418 e. The van der Waals surface area contributed by atoms with Gasteiger partial charge in [-0.05, 0) is 31.0 Å². The summed E-state index contributed by atoms with van der Waals surface area (Å²) in [6.07, 6.45) is -1.92. The molecule has 0 heterocycles. The molecule has 1 fully saturated rings. The van der Waals surface area contributed by atoms with Gasteiger partial charge >= 0.3 is 12.1 Å². The SMILES string of the molecule is O=C(O)CC1(Nc2cc(Br)ccc2C(F)(F)F)CCCC1. The van der Waals surface area contributed by atoms with Crippen LogP contribution in [0.2, 0.25) is 0 Å². The number of halogens is 4. The summed E-state index contributed by atoms with van der Waals surface area (Å²) in [6, 6.07) is 3.67. The summed E-state index contributed by atoms with van der Waals surface area (Å²) in [5, 5.41) is 11.9. The molecular weight excluding hydrogens is 351 g/mol. The average molecular weight is 366 g/mol. The molecule has 7 heteroatoms. The molecule has 0 saturated heterocycles. The number of nitrogens with one attached hydrogen (secondary N) is 1. The van der Waals surface area contributed by atoms with Crippen LogP contribution in [-0.2, 0) is 11.0 Å². The maximum Gasteiger partial charge on any atom is 0.418 e. The van der Waals surface area contributed by atoms with Gasteiger partial charge in [-0.25, -0.2) is 0 Å². The van der Waals surface area contributed by atoms with Crippen LogP contribution in [0.1, 0.15) is 37.7 Å². The van der Waals surface area contributed by atoms with Crippen molar-refractivity contribution < 1.29 is 23.1 Å². The highest BCUT2D eigenvalue weighted by Gasteiger charge is 2.39. The molecule has 2 N–H and O–H groups in total. The number of aliphatic carboxylic acids is 1. The Morgan fingerprint density at radius 3 is 2.48 bits per heavy atom. The van der Waals surface area contributed by atoms with Crippen LogP contribution in [0.4, 0.5) is 18.9 Å². The van der Waals surface area contributed by atoms with E-state index in [0.29, 0.717) is 17.3 Å². The van der Waals surface area contributed by atoms with E-state index in [1.807, 2.05) is 0 Å². The summed E-state index contributed by atoms with van der Waals surface area (Å²) in [5.74, 6) is -1.01. The number of benzene rings is 1. The van der Waals surface area contributed by atoms with Crippen molar-refractivity contribution in [2.24, 2.45) is 0 Å². The molecule has 0 unspecified atom stereocenters. The van der Waals surface area contributed by atoms with Crippen LogP contribution in [0.3, 0.4) is 0 Å². The van der Waals surface area contributed by atoms with Crippen molar-refractivity contribution in [1.82, 2.24) is 0 Å². The lowest BCUT2D eigenvalue weighted by atomic mass is 9.92. The van der Waals surface area contributed by atoms with Crippen molar-refractivity contribution in [1.29, 1.82) is 0 Å². The number of anilines is 1. The van der Waals surface area contributed by atoms with Crippen LogP contribution < -0.4 is 5.32 Å². The van der Waals surface area contributed by atoms with Crippen molar-refractivity contribution in [3.05, 3.63) is 28.2 Å². The van der Waals surface area contributed by atoms with Crippen molar-refractivity contribution >= 4 is 27.6 Å². The van der Waals surface area contributed by atoms with E-state index in [2.05, 4.69) is 21.2 Å². The first-order chi connectivity index (χ1) is 9.72. The molecule has 0 bridgehead atoms. The Hall–Kier alpha value is -1.24. The first kappa shape index (κ1) is 16.1. The minimum atomic E-state index is -4.48. The molecule has 0 atom stereocenters. The van der Waals surface area contributed by atoms with Crippen molar-refractivity contribution in [3.63, 3.8) is 0 Å². The second-order valence-electron chi connectivity index (χ2n) is 5.37. The summed E-state index contributed by atoms with van der Waals surface area (Å²) >= 11 is 3.16. The molecule has 0 aliphatic heterocycles. The number of carboxylic acid groups (broad SMARTS) is 1. The Morgan fingerprint density at radius 1 is 1.33 bits per heavy atom. The number of hydrogen-bond donors (Lipinski definition) is 2. The molecule has 0 aromatic heterocycles. The van der Waals surface area contributed by atoms with Gasteiger partial charge in [-0.3, -0.25) is 4.79 Å². The lowest BCUT2D eigenvalue weighted by Crippen LogP contribution is -2.38. The average Bonchev–Trinajstić information content (AvgIpc) is 2.74. The normalized spacial score (nSPS) is 17.7. The maximum atomic E-state index is 13.1. The van der Waals surface area contributed by atoms with Gasteiger partial charge in [0.2, 0.25) is 0 Å². The Labute approximate surface area is 128 Å². The molecule has 1 aliphatic rings. The highest BCUT2D eigenvalue weighted by atomic mass is 79.9. The summed E-state index contributed by atoms with van der Waals surface area (Å²) in [6.45, 7) is 0. The van der Waals surface area contributed by atoms with E-state index in [0.717, 1.165) is 18.9 Å². The van der Waals surface area contributed by atoms with E-state index in [1.165, 1.54) is 12.1 Å². The predicted octanol–water partition coefficient (Wildman–Crippen LogP) is 4.67. The zero-order valence-electron chi connectivity index (χ0n) is 11.1. The number of carboxylic acids is 1. The summed E-state index contributed by atoms with van der Waals surface area (Å²) in [7, 11) is 0. The zero-order valence-corrected chi connectivity index (χ0v) is 12.7. The lowest BCUT2D eigenvalue weighted by molar-refractivity contribution is -0.138. The molecule has 3 nitrogen and oxygen atoms in total. The molecule has 1 saturated carbocycles. The molecule has 0 spiro atoms. The van der Waals surface area contributed by atoms with Crippen LogP contribution in [0.25, 0.3) is 0 Å². The van der Waals surface area contributed by atoms with Gasteiger partial charge in [-0.15, -0.1) is 0 Å². The maximum absolute atomic E-state index is 13.1. The van der Waals surface area contributed by atoms with Gasteiger partial charge in [0.05, 0.1) is 12.0 Å². The third-order valence-electron chi connectivity index (χ3n) is 3.74. The fraction of sp³-hybridized carbons (Fsp3) is 0.500. The molecule has 2 rings (SSSR count). The fourth-order valence-corrected chi connectivity index (χ4v) is 3.20. The molecule has 1 aromatic carbocycles. The Balaban J connectivity index is 2.36. The third-order valence-corrected chi connectivity index (χ3v) is 4.23. The monoisotopic (exact) mass is 365 g/mol. The lowest BCUT2D eigenvalue weighted by Gasteiger charge is -2.31. The molecule has 0 radical (unpaired) electrons. The van der Waals surface area contributed by atoms with E-state index in [4.69, 9.17) is 5.11 Å². The molecular formula is C14H15BrF3NO2. The summed E-state index contributed by atoms with van der Waals surface area (Å²) in [5.41, 5.74) is -1.64. The van der Waals surface area contributed by atoms with Gasteiger partial charge in [0.15, 0.2) is 0 Å². The van der Waals surface area contributed by atoms with Gasteiger partial charge < -0.3 is 10.4 Å². The summed E-state index contributed by atoms with van der Waals surface area (Å²) in [4.78, 5) is 11.0. The molecule has 1 aliphatic carbocycles. The molecule has 0 amide bonds. The standard InChI is InChI=1S/C14H15BrF3NO2/c15-9-3-4-10(14(16,17)18)11(7-9)19-13(8-12(20)21)5-1-2-6-13/h3-4,7,19H,1-2,5-6,8H2,(H,20,21).